The lowest BCUT2D eigenvalue weighted by molar-refractivity contribution is -0.122. The lowest BCUT2D eigenvalue weighted by Crippen LogP contribution is -2.56. The van der Waals surface area contributed by atoms with E-state index in [9.17, 15) is 24.3 Å². The van der Waals surface area contributed by atoms with Crippen LogP contribution in [-0.4, -0.2) is 28.8 Å². The Bertz CT molecular complexity index is 1750. The Labute approximate surface area is 257 Å². The number of rotatable bonds is 4. The zero-order valence-corrected chi connectivity index (χ0v) is 25.3. The number of hydrogen-bond donors (Lipinski definition) is 2. The monoisotopic (exact) mass is 684 g/mol. The van der Waals surface area contributed by atoms with E-state index in [2.05, 4.69) is 37.2 Å². The molecule has 2 atom stereocenters. The van der Waals surface area contributed by atoms with Crippen molar-refractivity contribution in [3.05, 3.63) is 130 Å². The first-order valence-electron chi connectivity index (χ1n) is 13.3. The third-order valence-corrected chi connectivity index (χ3v) is 11.3. The van der Waals surface area contributed by atoms with Crippen LogP contribution in [0.5, 0.6) is 0 Å². The van der Waals surface area contributed by atoms with Gasteiger partial charge in [-0.3, -0.25) is 14.4 Å². The second-order valence-electron chi connectivity index (χ2n) is 10.8. The van der Waals surface area contributed by atoms with Crippen molar-refractivity contribution < 1.29 is 24.3 Å². The molecule has 4 aliphatic rings. The number of nitrogens with one attached hydrogen (secondary N) is 1. The number of aromatic carboxylic acids is 1. The summed E-state index contributed by atoms with van der Waals surface area (Å²) >= 11 is 7.99. The lowest BCUT2D eigenvalue weighted by Gasteiger charge is -2.55. The molecule has 0 saturated carbocycles. The maximum Gasteiger partial charge on any atom is 0.337 e. The number of alkyl halides is 2. The molecule has 7 nitrogen and oxygen atoms in total. The number of anilines is 2. The third-order valence-electron chi connectivity index (χ3n) is 8.63. The normalized spacial score (nSPS) is 25.1. The molecule has 0 radical (unpaired) electrons. The number of imide groups is 1. The molecule has 1 saturated heterocycles. The van der Waals surface area contributed by atoms with Gasteiger partial charge in [-0.05, 0) is 71.1 Å². The average Bonchev–Trinajstić information content (AvgIpc) is 3.26. The van der Waals surface area contributed by atoms with E-state index in [-0.39, 0.29) is 28.6 Å². The van der Waals surface area contributed by atoms with Gasteiger partial charge in [0.2, 0.25) is 11.8 Å². The standard InChI is InChI=1S/C33H22Br2N2O5/c1-17-10-15-20(31(41)42)25(16-17)36-28(38)18-11-13-19(14-12-18)37-29(39)26-27(30(37)40)33(35)22-7-3-2-6-21(22)32(26,34)23-8-4-5-9-24(23)33/h2-16,26-27H,1H3,(H,36,38)(H,41,42)/t26-,27+,32?,33?. The number of carboxylic acid groups (broad SMARTS) is 1. The predicted molar refractivity (Wildman–Crippen MR) is 164 cm³/mol. The van der Waals surface area contributed by atoms with Gasteiger partial charge in [-0.25, -0.2) is 9.69 Å². The number of amides is 3. The molecule has 2 bridgehead atoms. The number of nitrogens with zero attached hydrogens (tertiary/aromatic N) is 1. The smallest absolute Gasteiger partial charge is 0.337 e. The van der Waals surface area contributed by atoms with Crippen LogP contribution in [0.2, 0.25) is 0 Å². The van der Waals surface area contributed by atoms with E-state index in [1.54, 1.807) is 31.2 Å². The molecule has 1 fully saturated rings. The topological polar surface area (TPSA) is 104 Å². The van der Waals surface area contributed by atoms with E-state index >= 15 is 0 Å². The molecule has 42 heavy (non-hydrogen) atoms. The van der Waals surface area contributed by atoms with Crippen LogP contribution in [-0.2, 0) is 18.2 Å². The van der Waals surface area contributed by atoms with E-state index < -0.39 is 32.4 Å². The average molecular weight is 686 g/mol. The van der Waals surface area contributed by atoms with Crippen molar-refractivity contribution in [1.82, 2.24) is 0 Å². The van der Waals surface area contributed by atoms with Gasteiger partial charge in [-0.2, -0.15) is 0 Å². The van der Waals surface area contributed by atoms with Gasteiger partial charge in [-0.15, -0.1) is 0 Å². The van der Waals surface area contributed by atoms with Crippen molar-refractivity contribution in [2.24, 2.45) is 11.8 Å². The molecule has 2 N–H and O–H groups in total. The number of carbonyl (C=O) groups is 4. The number of halogens is 2. The SMILES string of the molecule is Cc1ccc(C(=O)O)c(NC(=O)c2ccc(N3C(=O)[C@@H]4[C@H](C3=O)C3(Br)c5ccccc5C4(Br)c4ccccc43)cc2)c1. The van der Waals surface area contributed by atoms with Gasteiger partial charge in [0.25, 0.3) is 5.91 Å². The van der Waals surface area contributed by atoms with E-state index in [0.717, 1.165) is 27.8 Å². The van der Waals surface area contributed by atoms with Crippen LogP contribution in [0.1, 0.15) is 48.5 Å². The summed E-state index contributed by atoms with van der Waals surface area (Å²) in [5.41, 5.74) is 5.38. The van der Waals surface area contributed by atoms with E-state index in [4.69, 9.17) is 0 Å². The molecule has 4 aromatic rings. The minimum atomic E-state index is -1.15. The second kappa shape index (κ2) is 9.21. The van der Waals surface area contributed by atoms with Crippen LogP contribution >= 0.6 is 31.9 Å². The summed E-state index contributed by atoms with van der Waals surface area (Å²) in [6.07, 6.45) is 0. The molecule has 0 unspecified atom stereocenters. The Balaban J connectivity index is 1.25. The molecule has 1 aliphatic heterocycles. The molecule has 0 spiro atoms. The molecule has 3 amide bonds. The highest BCUT2D eigenvalue weighted by molar-refractivity contribution is 9.10. The first kappa shape index (κ1) is 26.8. The van der Waals surface area contributed by atoms with Crippen LogP contribution in [0.3, 0.4) is 0 Å². The highest BCUT2D eigenvalue weighted by Crippen LogP contribution is 2.70. The van der Waals surface area contributed by atoms with Crippen LogP contribution in [0.4, 0.5) is 11.4 Å². The summed E-state index contributed by atoms with van der Waals surface area (Å²) in [5, 5.41) is 12.2. The minimum absolute atomic E-state index is 0.0227. The van der Waals surface area contributed by atoms with E-state index in [0.29, 0.717) is 5.69 Å². The Kier molecular flexibility index (Phi) is 5.88. The second-order valence-corrected chi connectivity index (χ2v) is 13.3. The van der Waals surface area contributed by atoms with Gasteiger partial charge in [0.05, 0.1) is 37.4 Å². The van der Waals surface area contributed by atoms with Crippen molar-refractivity contribution in [2.45, 2.75) is 15.6 Å². The number of hydrogen-bond acceptors (Lipinski definition) is 4. The quantitative estimate of drug-likeness (QED) is 0.192. The molecular weight excluding hydrogens is 664 g/mol. The molecule has 208 valence electrons. The first-order valence-corrected chi connectivity index (χ1v) is 14.9. The maximum atomic E-state index is 14.2. The summed E-state index contributed by atoms with van der Waals surface area (Å²) in [4.78, 5) is 54.3. The van der Waals surface area contributed by atoms with Gasteiger partial charge in [0, 0.05) is 5.56 Å². The summed E-state index contributed by atoms with van der Waals surface area (Å²) in [6, 6.07) is 26.7. The largest absolute Gasteiger partial charge is 0.478 e. The number of aryl methyl sites for hydroxylation is 1. The molecule has 0 aromatic heterocycles. The molecule has 4 aromatic carbocycles. The van der Waals surface area contributed by atoms with Crippen LogP contribution in [0.15, 0.2) is 91.0 Å². The van der Waals surface area contributed by atoms with Crippen LogP contribution < -0.4 is 10.2 Å². The van der Waals surface area contributed by atoms with Gasteiger partial charge in [-0.1, -0.05) is 86.5 Å². The number of benzene rings is 4. The van der Waals surface area contributed by atoms with Crippen molar-refractivity contribution in [1.29, 1.82) is 0 Å². The minimum Gasteiger partial charge on any atom is -0.478 e. The van der Waals surface area contributed by atoms with Crippen LogP contribution in [0, 0.1) is 18.8 Å². The highest BCUT2D eigenvalue weighted by Gasteiger charge is 2.72. The number of carbonyl (C=O) groups excluding carboxylic acids is 3. The fourth-order valence-electron chi connectivity index (χ4n) is 6.83. The molecular formula is C33H22Br2N2O5. The van der Waals surface area contributed by atoms with Crippen molar-refractivity contribution >= 4 is 66.9 Å². The van der Waals surface area contributed by atoms with Gasteiger partial charge in [0.15, 0.2) is 0 Å². The molecule has 8 rings (SSSR count). The zero-order valence-electron chi connectivity index (χ0n) is 22.1. The fraction of sp³-hybridized carbons (Fsp3) is 0.152. The van der Waals surface area contributed by atoms with Crippen molar-refractivity contribution in [3.63, 3.8) is 0 Å². The van der Waals surface area contributed by atoms with Gasteiger partial charge >= 0.3 is 5.97 Å². The Hall–Kier alpha value is -4.08. The van der Waals surface area contributed by atoms with E-state index in [1.807, 2.05) is 48.5 Å². The zero-order chi connectivity index (χ0) is 29.6. The number of carboxylic acids is 1. The molecule has 1 heterocycles. The lowest BCUT2D eigenvalue weighted by atomic mass is 9.54. The summed E-state index contributed by atoms with van der Waals surface area (Å²) in [6.45, 7) is 1.80. The molecule has 9 heteroatoms. The van der Waals surface area contributed by atoms with Crippen molar-refractivity contribution in [3.8, 4) is 0 Å². The predicted octanol–water partition coefficient (Wildman–Crippen LogP) is 6.36. The Morgan fingerprint density at radius 1 is 0.762 bits per heavy atom. The molecule has 3 aliphatic carbocycles. The Morgan fingerprint density at radius 2 is 1.24 bits per heavy atom. The van der Waals surface area contributed by atoms with Gasteiger partial charge in [0.1, 0.15) is 0 Å². The highest BCUT2D eigenvalue weighted by atomic mass is 79.9. The summed E-state index contributed by atoms with van der Waals surface area (Å²) < 4.78 is -1.78. The van der Waals surface area contributed by atoms with Gasteiger partial charge < -0.3 is 10.4 Å². The Morgan fingerprint density at radius 3 is 1.69 bits per heavy atom. The summed E-state index contributed by atoms with van der Waals surface area (Å²) in [7, 11) is 0. The third kappa shape index (κ3) is 3.44. The van der Waals surface area contributed by atoms with Crippen LogP contribution in [0.25, 0.3) is 0 Å². The fourth-order valence-corrected chi connectivity index (χ4v) is 9.13. The van der Waals surface area contributed by atoms with E-state index in [1.165, 1.54) is 23.1 Å². The van der Waals surface area contributed by atoms with Crippen molar-refractivity contribution in [2.75, 3.05) is 10.2 Å². The maximum absolute atomic E-state index is 14.2. The summed E-state index contributed by atoms with van der Waals surface area (Å²) in [5.74, 6) is -3.71. The first-order chi connectivity index (χ1) is 20.1.